The van der Waals surface area contributed by atoms with Crippen molar-refractivity contribution in [2.75, 3.05) is 6.61 Å². The maximum Gasteiger partial charge on any atom is 0.343 e. The number of benzene rings is 3. The van der Waals surface area contributed by atoms with Crippen LogP contribution in [0, 0.1) is 5.92 Å². The fourth-order valence-corrected chi connectivity index (χ4v) is 3.80. The second-order valence-electron chi connectivity index (χ2n) is 9.56. The van der Waals surface area contributed by atoms with Gasteiger partial charge in [0.1, 0.15) is 17.2 Å². The Morgan fingerprint density at radius 3 is 1.92 bits per heavy atom. The summed E-state index contributed by atoms with van der Waals surface area (Å²) in [5, 5.41) is 0. The minimum atomic E-state index is -0.383. The van der Waals surface area contributed by atoms with Crippen molar-refractivity contribution < 1.29 is 19.0 Å². The zero-order valence-corrected chi connectivity index (χ0v) is 22.2. The molecule has 0 aliphatic heterocycles. The molecular formula is C32H40O4. The molecule has 192 valence electrons. The molecule has 36 heavy (non-hydrogen) atoms. The summed E-state index contributed by atoms with van der Waals surface area (Å²) in [6.45, 7) is 9.34. The number of esters is 1. The molecule has 0 radical (unpaired) electrons. The summed E-state index contributed by atoms with van der Waals surface area (Å²) in [4.78, 5) is 12.6. The third-order valence-electron chi connectivity index (χ3n) is 6.38. The van der Waals surface area contributed by atoms with Gasteiger partial charge >= 0.3 is 5.97 Å². The summed E-state index contributed by atoms with van der Waals surface area (Å²) >= 11 is 0. The van der Waals surface area contributed by atoms with Gasteiger partial charge in [-0.15, -0.1) is 0 Å². The Morgan fingerprint density at radius 2 is 1.31 bits per heavy atom. The van der Waals surface area contributed by atoms with E-state index >= 15 is 0 Å². The lowest BCUT2D eigenvalue weighted by molar-refractivity contribution is 0.0734. The van der Waals surface area contributed by atoms with Crippen molar-refractivity contribution >= 4 is 5.97 Å². The molecule has 0 heterocycles. The van der Waals surface area contributed by atoms with Gasteiger partial charge in [-0.05, 0) is 85.3 Å². The molecule has 3 aromatic rings. The minimum absolute atomic E-state index is 0.214. The molecular weight excluding hydrogens is 448 g/mol. The first-order valence-electron chi connectivity index (χ1n) is 13.3. The van der Waals surface area contributed by atoms with E-state index in [0.717, 1.165) is 35.5 Å². The van der Waals surface area contributed by atoms with Gasteiger partial charge < -0.3 is 14.2 Å². The molecule has 0 amide bonds. The van der Waals surface area contributed by atoms with Crippen molar-refractivity contribution in [1.29, 1.82) is 0 Å². The smallest absolute Gasteiger partial charge is 0.343 e. The van der Waals surface area contributed by atoms with Crippen molar-refractivity contribution in [3.05, 3.63) is 78.4 Å². The SMILES string of the molecule is CCCCCCC(C)Oc1ccc(-c2ccc(C(=O)Oc3ccc(OCC(C)CC)cc3)cc2)cc1. The number of hydrogen-bond donors (Lipinski definition) is 0. The third-order valence-corrected chi connectivity index (χ3v) is 6.38. The zero-order valence-electron chi connectivity index (χ0n) is 22.2. The van der Waals surface area contributed by atoms with E-state index in [0.29, 0.717) is 23.8 Å². The number of carbonyl (C=O) groups is 1. The minimum Gasteiger partial charge on any atom is -0.493 e. The zero-order chi connectivity index (χ0) is 25.8. The molecule has 0 spiro atoms. The van der Waals surface area contributed by atoms with Crippen LogP contribution in [-0.2, 0) is 0 Å². The second-order valence-corrected chi connectivity index (χ2v) is 9.56. The lowest BCUT2D eigenvalue weighted by atomic mass is 10.0. The van der Waals surface area contributed by atoms with Gasteiger partial charge in [-0.3, -0.25) is 0 Å². The highest BCUT2D eigenvalue weighted by Crippen LogP contribution is 2.25. The van der Waals surface area contributed by atoms with Crippen LogP contribution in [0.5, 0.6) is 17.2 Å². The normalized spacial score (nSPS) is 12.6. The van der Waals surface area contributed by atoms with E-state index in [-0.39, 0.29) is 12.1 Å². The predicted molar refractivity (Wildman–Crippen MR) is 147 cm³/mol. The number of ether oxygens (including phenoxy) is 3. The summed E-state index contributed by atoms with van der Waals surface area (Å²) in [5.74, 6) is 2.28. The predicted octanol–water partition coefficient (Wildman–Crippen LogP) is 8.74. The van der Waals surface area contributed by atoms with Crippen molar-refractivity contribution in [1.82, 2.24) is 0 Å². The largest absolute Gasteiger partial charge is 0.493 e. The standard InChI is InChI=1S/C32H40O4/c1-5-7-8-9-10-25(4)35-30-17-15-27(16-18-30)26-11-13-28(14-12-26)32(33)36-31-21-19-29(20-22-31)34-23-24(3)6-2/h11-22,24-25H,5-10,23H2,1-4H3. The Morgan fingerprint density at radius 1 is 0.722 bits per heavy atom. The summed E-state index contributed by atoms with van der Waals surface area (Å²) in [6, 6.07) is 22.8. The maximum atomic E-state index is 12.6. The Kier molecular flexibility index (Phi) is 10.9. The van der Waals surface area contributed by atoms with Gasteiger partial charge in [-0.25, -0.2) is 4.79 Å². The van der Waals surface area contributed by atoms with Crippen LogP contribution in [-0.4, -0.2) is 18.7 Å². The van der Waals surface area contributed by atoms with Crippen LogP contribution in [0.2, 0.25) is 0 Å². The highest BCUT2D eigenvalue weighted by atomic mass is 16.5. The molecule has 0 aromatic heterocycles. The fraction of sp³-hybridized carbons (Fsp3) is 0.406. The Labute approximate surface area is 216 Å². The summed E-state index contributed by atoms with van der Waals surface area (Å²) in [5.41, 5.74) is 2.62. The monoisotopic (exact) mass is 488 g/mol. The highest BCUT2D eigenvalue weighted by molar-refractivity contribution is 5.91. The number of rotatable bonds is 14. The van der Waals surface area contributed by atoms with Crippen molar-refractivity contribution in [2.24, 2.45) is 5.92 Å². The topological polar surface area (TPSA) is 44.8 Å². The first-order chi connectivity index (χ1) is 17.5. The Bertz CT molecular complexity index is 1040. The van der Waals surface area contributed by atoms with Crippen LogP contribution in [0.25, 0.3) is 11.1 Å². The highest BCUT2D eigenvalue weighted by Gasteiger charge is 2.10. The molecule has 4 heteroatoms. The average Bonchev–Trinajstić information content (AvgIpc) is 2.91. The van der Waals surface area contributed by atoms with Gasteiger partial charge in [0.25, 0.3) is 0 Å². The molecule has 0 saturated carbocycles. The van der Waals surface area contributed by atoms with Crippen molar-refractivity contribution in [2.45, 2.75) is 72.3 Å². The fourth-order valence-electron chi connectivity index (χ4n) is 3.80. The molecule has 3 rings (SSSR count). The van der Waals surface area contributed by atoms with Crippen LogP contribution in [0.3, 0.4) is 0 Å². The van der Waals surface area contributed by atoms with Gasteiger partial charge in [-0.1, -0.05) is 70.7 Å². The first kappa shape index (κ1) is 27.3. The lowest BCUT2D eigenvalue weighted by Crippen LogP contribution is -2.11. The van der Waals surface area contributed by atoms with Gasteiger partial charge in [0.2, 0.25) is 0 Å². The summed E-state index contributed by atoms with van der Waals surface area (Å²) in [7, 11) is 0. The van der Waals surface area contributed by atoms with Gasteiger partial charge in [0, 0.05) is 0 Å². The van der Waals surface area contributed by atoms with E-state index in [9.17, 15) is 4.79 Å². The van der Waals surface area contributed by atoms with Crippen LogP contribution >= 0.6 is 0 Å². The van der Waals surface area contributed by atoms with Gasteiger partial charge in [0.15, 0.2) is 0 Å². The van der Waals surface area contributed by atoms with E-state index < -0.39 is 0 Å². The number of carbonyl (C=O) groups excluding carboxylic acids is 1. The van der Waals surface area contributed by atoms with E-state index in [1.54, 1.807) is 24.3 Å². The second kappa shape index (κ2) is 14.3. The molecule has 0 aliphatic carbocycles. The quantitative estimate of drug-likeness (QED) is 0.129. The molecule has 0 fully saturated rings. The van der Waals surface area contributed by atoms with E-state index in [4.69, 9.17) is 14.2 Å². The summed E-state index contributed by atoms with van der Waals surface area (Å²) in [6.07, 6.45) is 7.39. The average molecular weight is 489 g/mol. The molecule has 2 unspecified atom stereocenters. The molecule has 4 nitrogen and oxygen atoms in total. The van der Waals surface area contributed by atoms with E-state index in [2.05, 4.69) is 39.8 Å². The Hall–Kier alpha value is -3.27. The Balaban J connectivity index is 1.51. The molecule has 3 aromatic carbocycles. The van der Waals surface area contributed by atoms with E-state index in [1.165, 1.54) is 25.7 Å². The van der Waals surface area contributed by atoms with Gasteiger partial charge in [0.05, 0.1) is 18.3 Å². The van der Waals surface area contributed by atoms with E-state index in [1.807, 2.05) is 36.4 Å². The lowest BCUT2D eigenvalue weighted by Gasteiger charge is -2.15. The van der Waals surface area contributed by atoms with Crippen LogP contribution < -0.4 is 14.2 Å². The van der Waals surface area contributed by atoms with Crippen molar-refractivity contribution in [3.8, 4) is 28.4 Å². The maximum absolute atomic E-state index is 12.6. The van der Waals surface area contributed by atoms with Crippen molar-refractivity contribution in [3.63, 3.8) is 0 Å². The molecule has 0 aliphatic rings. The van der Waals surface area contributed by atoms with Crippen LogP contribution in [0.1, 0.15) is 76.6 Å². The van der Waals surface area contributed by atoms with Gasteiger partial charge in [-0.2, -0.15) is 0 Å². The van der Waals surface area contributed by atoms with Crippen LogP contribution in [0.4, 0.5) is 0 Å². The molecule has 0 saturated heterocycles. The first-order valence-corrected chi connectivity index (χ1v) is 13.3. The van der Waals surface area contributed by atoms with Crippen LogP contribution in [0.15, 0.2) is 72.8 Å². The molecule has 0 N–H and O–H groups in total. The number of unbranched alkanes of at least 4 members (excludes halogenated alkanes) is 3. The number of hydrogen-bond acceptors (Lipinski definition) is 4. The molecule has 0 bridgehead atoms. The summed E-state index contributed by atoms with van der Waals surface area (Å²) < 4.78 is 17.4. The molecule has 2 atom stereocenters. The third kappa shape index (κ3) is 8.75.